The molecule has 3 aromatic rings. The number of benzene rings is 2. The molecule has 1 heterocycles. The first kappa shape index (κ1) is 21.2. The zero-order valence-electron chi connectivity index (χ0n) is 16.9. The maximum Gasteiger partial charge on any atom is 0.273 e. The first-order chi connectivity index (χ1) is 14.5. The number of rotatable bonds is 9. The van der Waals surface area contributed by atoms with Gasteiger partial charge in [0, 0.05) is 6.54 Å². The molecule has 0 saturated heterocycles. The van der Waals surface area contributed by atoms with E-state index >= 15 is 0 Å². The van der Waals surface area contributed by atoms with Crippen LogP contribution in [-0.2, 0) is 12.8 Å². The fourth-order valence-electron chi connectivity index (χ4n) is 2.98. The summed E-state index contributed by atoms with van der Waals surface area (Å²) in [5.74, 6) is 1.44. The SMILES string of the molecule is COc1ccc(CCNC(=O)c2coc(C(N)Cc3ccc(O)cc3)n2)cc1OC. The van der Waals surface area contributed by atoms with E-state index in [2.05, 4.69) is 10.3 Å². The molecule has 2 aromatic carbocycles. The predicted octanol–water partition coefficient (Wildman–Crippen LogP) is 2.61. The number of nitrogens with two attached hydrogens (primary N) is 1. The first-order valence-electron chi connectivity index (χ1n) is 9.48. The Morgan fingerprint density at radius 3 is 2.53 bits per heavy atom. The van der Waals surface area contributed by atoms with Gasteiger partial charge in [-0.3, -0.25) is 4.79 Å². The van der Waals surface area contributed by atoms with Crippen molar-refractivity contribution in [1.29, 1.82) is 0 Å². The third-order valence-corrected chi connectivity index (χ3v) is 4.61. The van der Waals surface area contributed by atoms with Gasteiger partial charge in [0.25, 0.3) is 5.91 Å². The second-order valence-corrected chi connectivity index (χ2v) is 6.74. The Balaban J connectivity index is 1.53. The fourth-order valence-corrected chi connectivity index (χ4v) is 2.98. The van der Waals surface area contributed by atoms with Gasteiger partial charge in [0.05, 0.1) is 20.3 Å². The number of hydrogen-bond donors (Lipinski definition) is 3. The van der Waals surface area contributed by atoms with Crippen LogP contribution in [0.2, 0.25) is 0 Å². The van der Waals surface area contributed by atoms with E-state index < -0.39 is 6.04 Å². The summed E-state index contributed by atoms with van der Waals surface area (Å²) in [6.45, 7) is 0.427. The summed E-state index contributed by atoms with van der Waals surface area (Å²) in [6.07, 6.45) is 2.40. The molecule has 1 unspecified atom stereocenters. The van der Waals surface area contributed by atoms with Gasteiger partial charge in [-0.05, 0) is 48.2 Å². The van der Waals surface area contributed by atoms with E-state index in [0.29, 0.717) is 30.9 Å². The quantitative estimate of drug-likeness (QED) is 0.495. The van der Waals surface area contributed by atoms with Gasteiger partial charge in [-0.1, -0.05) is 18.2 Å². The van der Waals surface area contributed by atoms with Crippen molar-refractivity contribution >= 4 is 5.91 Å². The Morgan fingerprint density at radius 1 is 1.13 bits per heavy atom. The highest BCUT2D eigenvalue weighted by molar-refractivity contribution is 5.91. The monoisotopic (exact) mass is 411 g/mol. The molecule has 30 heavy (non-hydrogen) atoms. The number of oxazole rings is 1. The minimum atomic E-state index is -0.497. The van der Waals surface area contributed by atoms with Gasteiger partial charge < -0.3 is 30.0 Å². The number of phenolic OH excluding ortho intramolecular Hbond substituents is 1. The fraction of sp³-hybridized carbons (Fsp3) is 0.273. The summed E-state index contributed by atoms with van der Waals surface area (Å²) in [7, 11) is 3.17. The van der Waals surface area contributed by atoms with E-state index in [1.165, 1.54) is 6.26 Å². The van der Waals surface area contributed by atoms with Crippen LogP contribution in [0.5, 0.6) is 17.2 Å². The summed E-state index contributed by atoms with van der Waals surface area (Å²) in [5, 5.41) is 12.2. The Kier molecular flexibility index (Phi) is 6.92. The number of phenols is 1. The second kappa shape index (κ2) is 9.80. The number of amides is 1. The number of nitrogens with zero attached hydrogens (tertiary/aromatic N) is 1. The van der Waals surface area contributed by atoms with Crippen molar-refractivity contribution in [3.63, 3.8) is 0 Å². The molecule has 0 fully saturated rings. The number of methoxy groups -OCH3 is 2. The smallest absolute Gasteiger partial charge is 0.273 e. The number of carbonyl (C=O) groups excluding carboxylic acids is 1. The van der Waals surface area contributed by atoms with E-state index in [9.17, 15) is 9.90 Å². The summed E-state index contributed by atoms with van der Waals surface area (Å²) in [6, 6.07) is 11.9. The van der Waals surface area contributed by atoms with Crippen LogP contribution in [0.4, 0.5) is 0 Å². The number of hydrogen-bond acceptors (Lipinski definition) is 7. The molecular weight excluding hydrogens is 386 g/mol. The molecule has 1 amide bonds. The maximum absolute atomic E-state index is 12.3. The van der Waals surface area contributed by atoms with Crippen LogP contribution in [0.25, 0.3) is 0 Å². The molecule has 0 saturated carbocycles. The minimum Gasteiger partial charge on any atom is -0.508 e. The van der Waals surface area contributed by atoms with Gasteiger partial charge in [0.15, 0.2) is 17.2 Å². The second-order valence-electron chi connectivity index (χ2n) is 6.74. The number of carbonyl (C=O) groups is 1. The molecule has 0 bridgehead atoms. The van der Waals surface area contributed by atoms with Crippen LogP contribution >= 0.6 is 0 Å². The Hall–Kier alpha value is -3.52. The lowest BCUT2D eigenvalue weighted by Gasteiger charge is -2.09. The molecule has 158 valence electrons. The van der Waals surface area contributed by atoms with Crippen molar-refractivity contribution in [3.8, 4) is 17.2 Å². The van der Waals surface area contributed by atoms with Gasteiger partial charge in [-0.25, -0.2) is 4.98 Å². The van der Waals surface area contributed by atoms with Crippen LogP contribution < -0.4 is 20.5 Å². The van der Waals surface area contributed by atoms with Gasteiger partial charge in [-0.15, -0.1) is 0 Å². The van der Waals surface area contributed by atoms with Crippen LogP contribution in [0.15, 0.2) is 53.1 Å². The van der Waals surface area contributed by atoms with Crippen molar-refractivity contribution in [2.45, 2.75) is 18.9 Å². The van der Waals surface area contributed by atoms with Gasteiger partial charge >= 0.3 is 0 Å². The number of ether oxygens (including phenoxy) is 2. The lowest BCUT2D eigenvalue weighted by Crippen LogP contribution is -2.26. The topological polar surface area (TPSA) is 120 Å². The van der Waals surface area contributed by atoms with Crippen molar-refractivity contribution in [2.24, 2.45) is 5.73 Å². The molecule has 0 aliphatic heterocycles. The molecule has 0 aliphatic carbocycles. The van der Waals surface area contributed by atoms with Crippen LogP contribution in [0, 0.1) is 0 Å². The highest BCUT2D eigenvalue weighted by Gasteiger charge is 2.17. The lowest BCUT2D eigenvalue weighted by atomic mass is 10.1. The molecule has 1 atom stereocenters. The predicted molar refractivity (Wildman–Crippen MR) is 111 cm³/mol. The Labute approximate surface area is 174 Å². The number of nitrogens with one attached hydrogen (secondary N) is 1. The molecule has 8 heteroatoms. The van der Waals surface area contributed by atoms with Gasteiger partial charge in [-0.2, -0.15) is 0 Å². The van der Waals surface area contributed by atoms with Crippen LogP contribution in [0.1, 0.15) is 33.5 Å². The number of aromatic nitrogens is 1. The average molecular weight is 411 g/mol. The van der Waals surface area contributed by atoms with Gasteiger partial charge in [0.2, 0.25) is 5.89 Å². The third kappa shape index (κ3) is 5.30. The van der Waals surface area contributed by atoms with Crippen LogP contribution in [-0.4, -0.2) is 36.8 Å². The van der Waals surface area contributed by atoms with Crippen molar-refractivity contribution in [2.75, 3.05) is 20.8 Å². The normalized spacial score (nSPS) is 11.7. The van der Waals surface area contributed by atoms with Gasteiger partial charge in [0.1, 0.15) is 12.0 Å². The number of aromatic hydroxyl groups is 1. The zero-order valence-corrected chi connectivity index (χ0v) is 16.9. The largest absolute Gasteiger partial charge is 0.508 e. The van der Waals surface area contributed by atoms with E-state index in [1.807, 2.05) is 18.2 Å². The van der Waals surface area contributed by atoms with Crippen molar-refractivity contribution in [3.05, 3.63) is 71.4 Å². The van der Waals surface area contributed by atoms with E-state index in [0.717, 1.165) is 11.1 Å². The van der Waals surface area contributed by atoms with Crippen molar-refractivity contribution < 1.29 is 23.8 Å². The van der Waals surface area contributed by atoms with Crippen LogP contribution in [0.3, 0.4) is 0 Å². The Morgan fingerprint density at radius 2 is 1.83 bits per heavy atom. The summed E-state index contributed by atoms with van der Waals surface area (Å²) < 4.78 is 15.9. The molecule has 4 N–H and O–H groups in total. The summed E-state index contributed by atoms with van der Waals surface area (Å²) >= 11 is 0. The zero-order chi connectivity index (χ0) is 21.5. The standard InChI is InChI=1S/C22H25N3O5/c1-28-19-8-5-15(12-20(19)29-2)9-10-24-21(27)18-13-30-22(25-18)17(23)11-14-3-6-16(26)7-4-14/h3-8,12-13,17,26H,9-11,23H2,1-2H3,(H,24,27). The highest BCUT2D eigenvalue weighted by Crippen LogP contribution is 2.27. The molecular formula is C22H25N3O5. The molecule has 0 radical (unpaired) electrons. The molecule has 3 rings (SSSR count). The maximum atomic E-state index is 12.3. The Bertz CT molecular complexity index is 985. The van der Waals surface area contributed by atoms with E-state index in [4.69, 9.17) is 19.6 Å². The summed E-state index contributed by atoms with van der Waals surface area (Å²) in [5.41, 5.74) is 8.25. The van der Waals surface area contributed by atoms with Crippen molar-refractivity contribution in [1.82, 2.24) is 10.3 Å². The third-order valence-electron chi connectivity index (χ3n) is 4.61. The average Bonchev–Trinajstić information content (AvgIpc) is 3.26. The van der Waals surface area contributed by atoms with E-state index in [1.54, 1.807) is 38.5 Å². The molecule has 0 aliphatic rings. The lowest BCUT2D eigenvalue weighted by molar-refractivity contribution is 0.0949. The molecule has 1 aromatic heterocycles. The molecule has 8 nitrogen and oxygen atoms in total. The highest BCUT2D eigenvalue weighted by atomic mass is 16.5. The summed E-state index contributed by atoms with van der Waals surface area (Å²) in [4.78, 5) is 16.6. The molecule has 0 spiro atoms. The first-order valence-corrected chi connectivity index (χ1v) is 9.48. The van der Waals surface area contributed by atoms with E-state index in [-0.39, 0.29) is 23.2 Å². The minimum absolute atomic E-state index is 0.179.